The van der Waals surface area contributed by atoms with Gasteiger partial charge in [0.05, 0.1) is 6.61 Å². The van der Waals surface area contributed by atoms with Gasteiger partial charge < -0.3 is 29.9 Å². The fourth-order valence-electron chi connectivity index (χ4n) is 1.54. The first-order valence-corrected chi connectivity index (χ1v) is 4.51. The summed E-state index contributed by atoms with van der Waals surface area (Å²) in [6.07, 6.45) is -3.54. The van der Waals surface area contributed by atoms with Crippen molar-refractivity contribution >= 4 is 0 Å². The van der Waals surface area contributed by atoms with Crippen LogP contribution >= 0.6 is 0 Å². The van der Waals surface area contributed by atoms with Gasteiger partial charge in [0.15, 0.2) is 0 Å². The normalized spacial score (nSPS) is 43.1. The van der Waals surface area contributed by atoms with E-state index in [0.29, 0.717) is 0 Å². The van der Waals surface area contributed by atoms with Crippen molar-refractivity contribution in [2.75, 3.05) is 19.8 Å². The van der Waals surface area contributed by atoms with Gasteiger partial charge in [-0.05, 0) is 6.92 Å². The second-order valence-electron chi connectivity index (χ2n) is 3.18. The first-order chi connectivity index (χ1) is 6.61. The van der Waals surface area contributed by atoms with Crippen LogP contribution in [0.2, 0.25) is 0 Å². The Morgan fingerprint density at radius 1 is 1.36 bits per heavy atom. The third-order valence-corrected chi connectivity index (χ3v) is 2.29. The van der Waals surface area contributed by atoms with Crippen LogP contribution in [-0.4, -0.2) is 64.3 Å². The van der Waals surface area contributed by atoms with Crippen molar-refractivity contribution in [3.8, 4) is 0 Å². The zero-order valence-electron chi connectivity index (χ0n) is 7.96. The molecule has 1 aliphatic heterocycles. The average molecular weight is 208 g/mol. The Labute approximate surface area is 81.7 Å². The molecule has 0 bridgehead atoms. The van der Waals surface area contributed by atoms with Gasteiger partial charge in [-0.1, -0.05) is 0 Å². The molecular formula is C8H16O6. The van der Waals surface area contributed by atoms with Crippen LogP contribution in [0.15, 0.2) is 0 Å². The van der Waals surface area contributed by atoms with Crippen LogP contribution in [0.25, 0.3) is 0 Å². The van der Waals surface area contributed by atoms with E-state index >= 15 is 0 Å². The lowest BCUT2D eigenvalue weighted by atomic mass is 10.1. The van der Waals surface area contributed by atoms with Gasteiger partial charge in [-0.2, -0.15) is 0 Å². The number of hydrogen-bond acceptors (Lipinski definition) is 6. The maximum atomic E-state index is 9.57. The highest BCUT2D eigenvalue weighted by Gasteiger charge is 2.54. The Bertz CT molecular complexity index is 187. The first-order valence-electron chi connectivity index (χ1n) is 4.51. The molecule has 14 heavy (non-hydrogen) atoms. The Balaban J connectivity index is 2.78. The maximum absolute atomic E-state index is 9.57. The smallest absolute Gasteiger partial charge is 0.221 e. The molecule has 1 fully saturated rings. The van der Waals surface area contributed by atoms with Gasteiger partial charge in [-0.15, -0.1) is 0 Å². The lowest BCUT2D eigenvalue weighted by molar-refractivity contribution is -0.274. The molecule has 1 aliphatic rings. The van der Waals surface area contributed by atoms with Gasteiger partial charge in [0, 0.05) is 6.61 Å². The molecule has 0 unspecified atom stereocenters. The lowest BCUT2D eigenvalue weighted by Gasteiger charge is -2.29. The molecule has 0 aliphatic carbocycles. The molecule has 0 saturated carbocycles. The molecule has 1 rings (SSSR count). The second kappa shape index (κ2) is 4.52. The molecule has 6 nitrogen and oxygen atoms in total. The topological polar surface area (TPSA) is 99.4 Å². The summed E-state index contributed by atoms with van der Waals surface area (Å²) in [5, 5.41) is 36.9. The highest BCUT2D eigenvalue weighted by atomic mass is 16.7. The molecule has 0 amide bonds. The van der Waals surface area contributed by atoms with E-state index in [-0.39, 0.29) is 6.61 Å². The summed E-state index contributed by atoms with van der Waals surface area (Å²) in [6, 6.07) is 0. The summed E-state index contributed by atoms with van der Waals surface area (Å²) >= 11 is 0. The zero-order valence-corrected chi connectivity index (χ0v) is 7.96. The summed E-state index contributed by atoms with van der Waals surface area (Å²) in [4.78, 5) is 0. The van der Waals surface area contributed by atoms with Crippen LogP contribution in [0.3, 0.4) is 0 Å². The lowest BCUT2D eigenvalue weighted by Crippen LogP contribution is -2.48. The number of rotatable bonds is 4. The molecule has 6 heteroatoms. The molecule has 1 saturated heterocycles. The van der Waals surface area contributed by atoms with Crippen molar-refractivity contribution in [2.45, 2.75) is 31.0 Å². The van der Waals surface area contributed by atoms with Crippen molar-refractivity contribution < 1.29 is 29.9 Å². The number of aliphatic hydroxyl groups is 4. The van der Waals surface area contributed by atoms with Crippen LogP contribution in [0.1, 0.15) is 6.92 Å². The molecule has 0 aromatic heterocycles. The van der Waals surface area contributed by atoms with Crippen LogP contribution in [-0.2, 0) is 9.47 Å². The van der Waals surface area contributed by atoms with Crippen molar-refractivity contribution in [2.24, 2.45) is 0 Å². The Morgan fingerprint density at radius 2 is 2.00 bits per heavy atom. The Kier molecular flexibility index (Phi) is 3.82. The van der Waals surface area contributed by atoms with Crippen molar-refractivity contribution in [3.63, 3.8) is 0 Å². The molecule has 0 aromatic carbocycles. The van der Waals surface area contributed by atoms with Crippen LogP contribution in [0, 0.1) is 0 Å². The van der Waals surface area contributed by atoms with Crippen molar-refractivity contribution in [1.29, 1.82) is 0 Å². The van der Waals surface area contributed by atoms with Crippen molar-refractivity contribution in [3.05, 3.63) is 0 Å². The second-order valence-corrected chi connectivity index (χ2v) is 3.18. The van der Waals surface area contributed by atoms with E-state index in [9.17, 15) is 10.2 Å². The number of ether oxygens (including phenoxy) is 2. The van der Waals surface area contributed by atoms with Gasteiger partial charge in [0.1, 0.15) is 24.9 Å². The number of hydrogen-bond donors (Lipinski definition) is 4. The van der Waals surface area contributed by atoms with E-state index in [0.717, 1.165) is 0 Å². The summed E-state index contributed by atoms with van der Waals surface area (Å²) in [5.41, 5.74) is 0. The third kappa shape index (κ3) is 1.77. The summed E-state index contributed by atoms with van der Waals surface area (Å²) < 4.78 is 10.2. The van der Waals surface area contributed by atoms with Gasteiger partial charge in [-0.25, -0.2) is 0 Å². The Morgan fingerprint density at radius 3 is 2.36 bits per heavy atom. The van der Waals surface area contributed by atoms with Gasteiger partial charge in [0.2, 0.25) is 5.79 Å². The molecule has 4 atom stereocenters. The maximum Gasteiger partial charge on any atom is 0.221 e. The van der Waals surface area contributed by atoms with E-state index in [1.165, 1.54) is 0 Å². The summed E-state index contributed by atoms with van der Waals surface area (Å²) in [7, 11) is 0. The third-order valence-electron chi connectivity index (χ3n) is 2.29. The summed E-state index contributed by atoms with van der Waals surface area (Å²) in [5.74, 6) is -1.61. The van der Waals surface area contributed by atoms with Gasteiger partial charge in [-0.3, -0.25) is 0 Å². The molecule has 0 spiro atoms. The van der Waals surface area contributed by atoms with Crippen LogP contribution in [0.5, 0.6) is 0 Å². The molecule has 4 N–H and O–H groups in total. The van der Waals surface area contributed by atoms with Crippen LogP contribution < -0.4 is 0 Å². The SMILES string of the molecule is CCO[C@]1(CO)O[C@H](CO)[C@@H](O)[C@@H]1O. The molecule has 84 valence electrons. The minimum atomic E-state index is -1.61. The molecular weight excluding hydrogens is 192 g/mol. The molecule has 0 aromatic rings. The predicted octanol–water partition coefficient (Wildman–Crippen LogP) is -2.18. The average Bonchev–Trinajstić information content (AvgIpc) is 2.44. The fraction of sp³-hybridized carbons (Fsp3) is 1.00. The number of aliphatic hydroxyl groups excluding tert-OH is 4. The highest BCUT2D eigenvalue weighted by Crippen LogP contribution is 2.31. The first kappa shape index (κ1) is 11.8. The Hall–Kier alpha value is -0.240. The van der Waals surface area contributed by atoms with E-state index in [2.05, 4.69) is 0 Å². The van der Waals surface area contributed by atoms with Crippen molar-refractivity contribution in [1.82, 2.24) is 0 Å². The largest absolute Gasteiger partial charge is 0.394 e. The highest BCUT2D eigenvalue weighted by molar-refractivity contribution is 4.96. The van der Waals surface area contributed by atoms with E-state index < -0.39 is 37.3 Å². The quantitative estimate of drug-likeness (QED) is 0.419. The predicted molar refractivity (Wildman–Crippen MR) is 45.4 cm³/mol. The van der Waals surface area contributed by atoms with Crippen LogP contribution in [0.4, 0.5) is 0 Å². The standard InChI is InChI=1S/C8H16O6/c1-2-13-8(4-10)7(12)6(11)5(3-9)14-8/h5-7,9-12H,2-4H2,1H3/t5-,6-,7+,8-/m1/s1. The minimum absolute atomic E-state index is 0.225. The van der Waals surface area contributed by atoms with Gasteiger partial charge >= 0.3 is 0 Å². The van der Waals surface area contributed by atoms with E-state index in [1.807, 2.05) is 0 Å². The van der Waals surface area contributed by atoms with Gasteiger partial charge in [0.25, 0.3) is 0 Å². The minimum Gasteiger partial charge on any atom is -0.394 e. The zero-order chi connectivity index (χ0) is 10.8. The monoisotopic (exact) mass is 208 g/mol. The summed E-state index contributed by atoms with van der Waals surface area (Å²) in [6.45, 7) is 0.886. The molecule has 1 heterocycles. The van der Waals surface area contributed by atoms with E-state index in [4.69, 9.17) is 19.7 Å². The fourth-order valence-corrected chi connectivity index (χ4v) is 1.54. The molecule has 0 radical (unpaired) electrons. The van der Waals surface area contributed by atoms with E-state index in [1.54, 1.807) is 6.92 Å².